The molecule has 0 N–H and O–H groups in total. The van der Waals surface area contributed by atoms with Crippen molar-refractivity contribution in [2.45, 2.75) is 13.3 Å². The zero-order valence-electron chi connectivity index (χ0n) is 11.0. The van der Waals surface area contributed by atoms with Gasteiger partial charge in [0, 0.05) is 12.1 Å². The number of carbonyl (C=O) groups excluding carboxylic acids is 1. The Labute approximate surface area is 110 Å². The highest BCUT2D eigenvalue weighted by Crippen LogP contribution is 2.35. The molecular weight excluding hydrogens is 254 g/mol. The Hall–Kier alpha value is -2.31. The predicted molar refractivity (Wildman–Crippen MR) is 66.8 cm³/mol. The average Bonchev–Trinajstić information content (AvgIpc) is 2.42. The van der Waals surface area contributed by atoms with Gasteiger partial charge in [-0.15, -0.1) is 0 Å². The largest absolute Gasteiger partial charge is 0.496 e. The normalized spacial score (nSPS) is 9.84. The molecule has 0 atom stereocenters. The van der Waals surface area contributed by atoms with Crippen LogP contribution in [-0.4, -0.2) is 31.7 Å². The summed E-state index contributed by atoms with van der Waals surface area (Å²) < 4.78 is 14.9. The van der Waals surface area contributed by atoms with Gasteiger partial charge in [0.05, 0.1) is 25.7 Å². The Morgan fingerprint density at radius 1 is 1.32 bits per heavy atom. The van der Waals surface area contributed by atoms with Crippen molar-refractivity contribution in [2.75, 3.05) is 20.8 Å². The first-order valence-corrected chi connectivity index (χ1v) is 5.62. The molecule has 104 valence electrons. The summed E-state index contributed by atoms with van der Waals surface area (Å²) in [7, 11) is 2.55. The number of methoxy groups -OCH3 is 2. The quantitative estimate of drug-likeness (QED) is 0.447. The van der Waals surface area contributed by atoms with E-state index in [1.165, 1.54) is 20.3 Å². The van der Waals surface area contributed by atoms with E-state index in [1.54, 1.807) is 0 Å². The van der Waals surface area contributed by atoms with Crippen molar-refractivity contribution < 1.29 is 23.9 Å². The third kappa shape index (κ3) is 3.34. The molecule has 7 heteroatoms. The number of nitro groups is 1. The molecule has 0 aliphatic carbocycles. The maximum atomic E-state index is 11.5. The maximum Gasteiger partial charge on any atom is 0.341 e. The fraction of sp³-hybridized carbons (Fsp3) is 0.417. The molecule has 1 aromatic rings. The van der Waals surface area contributed by atoms with Crippen molar-refractivity contribution in [3.05, 3.63) is 27.8 Å². The van der Waals surface area contributed by atoms with Crippen molar-refractivity contribution in [1.29, 1.82) is 0 Å². The Bertz CT molecular complexity index is 485. The van der Waals surface area contributed by atoms with Crippen LogP contribution in [0.1, 0.15) is 23.7 Å². The van der Waals surface area contributed by atoms with Gasteiger partial charge in [-0.1, -0.05) is 6.92 Å². The Kier molecular flexibility index (Phi) is 5.11. The second-order valence-electron chi connectivity index (χ2n) is 3.62. The Morgan fingerprint density at radius 3 is 2.47 bits per heavy atom. The molecule has 0 unspecified atom stereocenters. The highest BCUT2D eigenvalue weighted by Gasteiger charge is 2.24. The van der Waals surface area contributed by atoms with Crippen molar-refractivity contribution in [3.8, 4) is 11.5 Å². The fourth-order valence-electron chi connectivity index (χ4n) is 1.46. The van der Waals surface area contributed by atoms with Crippen LogP contribution >= 0.6 is 0 Å². The van der Waals surface area contributed by atoms with Crippen LogP contribution < -0.4 is 9.47 Å². The van der Waals surface area contributed by atoms with Gasteiger partial charge in [-0.2, -0.15) is 0 Å². The van der Waals surface area contributed by atoms with Crippen LogP contribution in [0.2, 0.25) is 0 Å². The van der Waals surface area contributed by atoms with E-state index in [4.69, 9.17) is 9.47 Å². The average molecular weight is 269 g/mol. The third-order valence-electron chi connectivity index (χ3n) is 2.34. The minimum atomic E-state index is -0.706. The summed E-state index contributed by atoms with van der Waals surface area (Å²) in [5.41, 5.74) is -0.310. The minimum Gasteiger partial charge on any atom is -0.496 e. The number of esters is 1. The highest BCUT2D eigenvalue weighted by molar-refractivity contribution is 5.93. The van der Waals surface area contributed by atoms with Gasteiger partial charge in [0.25, 0.3) is 0 Å². The molecule has 0 radical (unpaired) electrons. The summed E-state index contributed by atoms with van der Waals surface area (Å²) in [5, 5.41) is 11.0. The number of nitrogens with zero attached hydrogens (tertiary/aromatic N) is 1. The zero-order chi connectivity index (χ0) is 14.4. The monoisotopic (exact) mass is 269 g/mol. The van der Waals surface area contributed by atoms with Gasteiger partial charge in [0.1, 0.15) is 11.3 Å². The number of ether oxygens (including phenoxy) is 3. The van der Waals surface area contributed by atoms with Crippen LogP contribution in [0.4, 0.5) is 5.69 Å². The number of benzene rings is 1. The highest BCUT2D eigenvalue weighted by atomic mass is 16.6. The molecule has 0 aliphatic heterocycles. The van der Waals surface area contributed by atoms with Crippen molar-refractivity contribution in [2.24, 2.45) is 0 Å². The molecular formula is C12H15NO6. The van der Waals surface area contributed by atoms with Gasteiger partial charge in [0.15, 0.2) is 0 Å². The van der Waals surface area contributed by atoms with E-state index in [-0.39, 0.29) is 22.7 Å². The van der Waals surface area contributed by atoms with E-state index in [0.29, 0.717) is 13.0 Å². The van der Waals surface area contributed by atoms with Crippen molar-refractivity contribution in [3.63, 3.8) is 0 Å². The van der Waals surface area contributed by atoms with E-state index in [2.05, 4.69) is 4.74 Å². The predicted octanol–water partition coefficient (Wildman–Crippen LogP) is 2.18. The van der Waals surface area contributed by atoms with E-state index in [1.807, 2.05) is 6.92 Å². The van der Waals surface area contributed by atoms with Crippen molar-refractivity contribution >= 4 is 11.7 Å². The first-order chi connectivity index (χ1) is 9.04. The molecule has 0 aliphatic rings. The summed E-state index contributed by atoms with van der Waals surface area (Å²) in [6, 6.07) is 2.41. The van der Waals surface area contributed by atoms with Gasteiger partial charge in [0.2, 0.25) is 5.75 Å². The van der Waals surface area contributed by atoms with Gasteiger partial charge in [-0.05, 0) is 6.42 Å². The first kappa shape index (κ1) is 14.7. The zero-order valence-corrected chi connectivity index (χ0v) is 11.0. The number of hydrogen-bond donors (Lipinski definition) is 0. The van der Waals surface area contributed by atoms with Crippen LogP contribution in [0.5, 0.6) is 11.5 Å². The Balaban J connectivity index is 3.33. The molecule has 0 amide bonds. The summed E-state index contributed by atoms with van der Waals surface area (Å²) in [4.78, 5) is 21.9. The lowest BCUT2D eigenvalue weighted by Gasteiger charge is -2.10. The third-order valence-corrected chi connectivity index (χ3v) is 2.34. The van der Waals surface area contributed by atoms with Crippen LogP contribution in [0.15, 0.2) is 12.1 Å². The standard InChI is InChI=1S/C12H15NO6/c1-4-5-19-11-7-10(17-2)8(12(14)18-3)6-9(11)13(15)16/h6-7H,4-5H2,1-3H3. The van der Waals surface area contributed by atoms with Gasteiger partial charge in [-0.25, -0.2) is 4.79 Å². The van der Waals surface area contributed by atoms with Crippen LogP contribution in [0.3, 0.4) is 0 Å². The summed E-state index contributed by atoms with van der Waals surface area (Å²) in [6.45, 7) is 2.22. The molecule has 1 rings (SSSR count). The van der Waals surface area contributed by atoms with E-state index in [0.717, 1.165) is 6.07 Å². The SMILES string of the molecule is CCCOc1cc(OC)c(C(=O)OC)cc1[N+](=O)[O-]. The van der Waals surface area contributed by atoms with Crippen molar-refractivity contribution in [1.82, 2.24) is 0 Å². The van der Waals surface area contributed by atoms with E-state index < -0.39 is 10.9 Å². The van der Waals surface area contributed by atoms with Gasteiger partial charge >= 0.3 is 11.7 Å². The lowest BCUT2D eigenvalue weighted by atomic mass is 10.1. The van der Waals surface area contributed by atoms with E-state index in [9.17, 15) is 14.9 Å². The number of carbonyl (C=O) groups is 1. The Morgan fingerprint density at radius 2 is 2.00 bits per heavy atom. The summed E-state index contributed by atoms with van der Waals surface area (Å²) in [5.74, 6) is -0.470. The van der Waals surface area contributed by atoms with Crippen LogP contribution in [0, 0.1) is 10.1 Å². The molecule has 0 spiro atoms. The second kappa shape index (κ2) is 6.58. The first-order valence-electron chi connectivity index (χ1n) is 5.62. The molecule has 0 heterocycles. The lowest BCUT2D eigenvalue weighted by molar-refractivity contribution is -0.385. The number of nitro benzene ring substituents is 1. The van der Waals surface area contributed by atoms with Crippen LogP contribution in [-0.2, 0) is 4.74 Å². The molecule has 1 aromatic carbocycles. The van der Waals surface area contributed by atoms with Gasteiger partial charge in [-0.3, -0.25) is 10.1 Å². The number of rotatable bonds is 6. The summed E-state index contributed by atoms with van der Waals surface area (Å²) in [6.07, 6.45) is 0.707. The molecule has 19 heavy (non-hydrogen) atoms. The molecule has 0 saturated heterocycles. The summed E-state index contributed by atoms with van der Waals surface area (Å²) >= 11 is 0. The van der Waals surface area contributed by atoms with Gasteiger partial charge < -0.3 is 14.2 Å². The molecule has 0 bridgehead atoms. The lowest BCUT2D eigenvalue weighted by Crippen LogP contribution is -2.07. The van der Waals surface area contributed by atoms with E-state index >= 15 is 0 Å². The van der Waals surface area contributed by atoms with Crippen LogP contribution in [0.25, 0.3) is 0 Å². The molecule has 0 aromatic heterocycles. The number of hydrogen-bond acceptors (Lipinski definition) is 6. The molecule has 0 saturated carbocycles. The minimum absolute atomic E-state index is 0.0134. The topological polar surface area (TPSA) is 87.9 Å². The maximum absolute atomic E-state index is 11.5. The fourth-order valence-corrected chi connectivity index (χ4v) is 1.46. The molecule has 7 nitrogen and oxygen atoms in total. The molecule has 0 fully saturated rings. The smallest absolute Gasteiger partial charge is 0.341 e. The second-order valence-corrected chi connectivity index (χ2v) is 3.62.